The molecule has 2 heteroatoms. The molecule has 0 fully saturated rings. The Labute approximate surface area is 143 Å². The topological polar surface area (TPSA) is 20.2 Å². The van der Waals surface area contributed by atoms with Crippen LogP contribution in [0.25, 0.3) is 11.1 Å². The Morgan fingerprint density at radius 3 is 1.30 bits per heavy atom. The summed E-state index contributed by atoms with van der Waals surface area (Å²) in [5, 5.41) is 9.10. The van der Waals surface area contributed by atoms with Crippen molar-refractivity contribution in [2.75, 3.05) is 0 Å². The Morgan fingerprint density at radius 2 is 0.850 bits per heavy atom. The van der Waals surface area contributed by atoms with Crippen molar-refractivity contribution < 1.29 is 36.1 Å². The molecule has 96 valence electrons. The van der Waals surface area contributed by atoms with Crippen LogP contribution in [0.3, 0.4) is 0 Å². The Morgan fingerprint density at radius 1 is 0.500 bits per heavy atom. The fourth-order valence-corrected chi connectivity index (χ4v) is 1.67. The smallest absolute Gasteiger partial charge is 1.00 e. The summed E-state index contributed by atoms with van der Waals surface area (Å²) < 4.78 is 0. The van der Waals surface area contributed by atoms with Crippen LogP contribution in [0.1, 0.15) is 1.43 Å². The van der Waals surface area contributed by atoms with Crippen molar-refractivity contribution in [1.29, 1.82) is 0 Å². The maximum absolute atomic E-state index is 9.10. The number of hydrogen-bond donors (Lipinski definition) is 1. The molecule has 0 aliphatic rings. The number of aromatic hydroxyl groups is 1. The van der Waals surface area contributed by atoms with Gasteiger partial charge in [-0.2, -0.15) is 0 Å². The zero-order valence-corrected chi connectivity index (χ0v) is 13.6. The summed E-state index contributed by atoms with van der Waals surface area (Å²) in [7, 11) is 0. The van der Waals surface area contributed by atoms with Crippen molar-refractivity contribution in [3.63, 3.8) is 0 Å². The number of rotatable bonds is 1. The van der Waals surface area contributed by atoms with Gasteiger partial charge in [-0.05, 0) is 23.3 Å². The van der Waals surface area contributed by atoms with Gasteiger partial charge in [0, 0.05) is 0 Å². The molecule has 0 unspecified atom stereocenters. The number of phenols is 1. The standard InChI is InChI=1S/C12H10O.C6H6.Na.H/c13-12-8-6-11(7-9-12)10-4-2-1-3-5-10;1-2-4-6-5-3-1;;/h1-9,13H;1-6H;;/q;;+1;-1. The van der Waals surface area contributed by atoms with E-state index in [2.05, 4.69) is 0 Å². The summed E-state index contributed by atoms with van der Waals surface area (Å²) in [5.74, 6) is 0.305. The third-order valence-corrected chi connectivity index (χ3v) is 2.64. The molecule has 3 aromatic rings. The number of phenolic OH excluding ortho intramolecular Hbond substituents is 1. The molecule has 0 saturated carbocycles. The third-order valence-electron chi connectivity index (χ3n) is 2.64. The monoisotopic (exact) mass is 272 g/mol. The van der Waals surface area contributed by atoms with Crippen LogP contribution in [-0.2, 0) is 0 Å². The molecular formula is C18H17NaO. The van der Waals surface area contributed by atoms with Gasteiger partial charge in [0.05, 0.1) is 0 Å². The Balaban J connectivity index is 0.000000430. The molecule has 0 aromatic heterocycles. The molecule has 0 spiro atoms. The van der Waals surface area contributed by atoms with Gasteiger partial charge in [0.25, 0.3) is 0 Å². The molecule has 0 bridgehead atoms. The molecule has 0 aliphatic heterocycles. The molecule has 0 saturated heterocycles. The Bertz CT molecular complexity index is 556. The van der Waals surface area contributed by atoms with Crippen LogP contribution in [0.2, 0.25) is 0 Å². The molecule has 0 atom stereocenters. The van der Waals surface area contributed by atoms with Crippen LogP contribution in [0.5, 0.6) is 5.75 Å². The van der Waals surface area contributed by atoms with Crippen molar-refractivity contribution in [2.45, 2.75) is 0 Å². The van der Waals surface area contributed by atoms with Gasteiger partial charge < -0.3 is 6.53 Å². The Kier molecular flexibility index (Phi) is 7.74. The molecule has 0 heterocycles. The van der Waals surface area contributed by atoms with E-state index in [0.717, 1.165) is 5.56 Å². The molecule has 3 aromatic carbocycles. The molecule has 1 nitrogen and oxygen atoms in total. The molecule has 3 rings (SSSR count). The van der Waals surface area contributed by atoms with Gasteiger partial charge in [0.2, 0.25) is 0 Å². The first-order chi connectivity index (χ1) is 9.36. The van der Waals surface area contributed by atoms with Gasteiger partial charge in [0.1, 0.15) is 5.75 Å². The molecule has 1 N–H and O–H groups in total. The predicted molar refractivity (Wildman–Crippen MR) is 81.1 cm³/mol. The Hall–Kier alpha value is -1.54. The fourth-order valence-electron chi connectivity index (χ4n) is 1.67. The zero-order chi connectivity index (χ0) is 13.3. The average molecular weight is 272 g/mol. The van der Waals surface area contributed by atoms with E-state index in [1.165, 1.54) is 5.56 Å². The van der Waals surface area contributed by atoms with E-state index in [4.69, 9.17) is 5.11 Å². The van der Waals surface area contributed by atoms with Gasteiger partial charge >= 0.3 is 29.6 Å². The van der Waals surface area contributed by atoms with Gasteiger partial charge in [-0.15, -0.1) is 0 Å². The van der Waals surface area contributed by atoms with Crippen molar-refractivity contribution in [1.82, 2.24) is 0 Å². The molecule has 0 radical (unpaired) electrons. The normalized spacial score (nSPS) is 8.80. The van der Waals surface area contributed by atoms with E-state index in [9.17, 15) is 0 Å². The molecule has 20 heavy (non-hydrogen) atoms. The van der Waals surface area contributed by atoms with E-state index >= 15 is 0 Å². The second-order valence-electron chi connectivity index (χ2n) is 4.07. The van der Waals surface area contributed by atoms with Crippen molar-refractivity contribution >= 4 is 0 Å². The SMILES string of the molecule is Oc1ccc(-c2ccccc2)cc1.[H-].[Na+].c1ccccc1. The minimum absolute atomic E-state index is 0. The summed E-state index contributed by atoms with van der Waals surface area (Å²) in [6.45, 7) is 0. The third kappa shape index (κ3) is 5.62. The summed E-state index contributed by atoms with van der Waals surface area (Å²) in [4.78, 5) is 0. The van der Waals surface area contributed by atoms with Crippen LogP contribution in [0.4, 0.5) is 0 Å². The summed E-state index contributed by atoms with van der Waals surface area (Å²) >= 11 is 0. The second-order valence-corrected chi connectivity index (χ2v) is 4.07. The maximum atomic E-state index is 9.10. The fraction of sp³-hybridized carbons (Fsp3) is 0. The van der Waals surface area contributed by atoms with Gasteiger partial charge in [-0.3, -0.25) is 0 Å². The predicted octanol–water partition coefficient (Wildman–Crippen LogP) is 1.86. The number of hydrogen-bond acceptors (Lipinski definition) is 1. The van der Waals surface area contributed by atoms with Gasteiger partial charge in [-0.25, -0.2) is 0 Å². The first-order valence-corrected chi connectivity index (χ1v) is 6.21. The van der Waals surface area contributed by atoms with E-state index < -0.39 is 0 Å². The van der Waals surface area contributed by atoms with Crippen molar-refractivity contribution in [3.8, 4) is 16.9 Å². The van der Waals surface area contributed by atoms with Gasteiger partial charge in [-0.1, -0.05) is 78.9 Å². The summed E-state index contributed by atoms with van der Waals surface area (Å²) in [5.41, 5.74) is 2.29. The van der Waals surface area contributed by atoms with Gasteiger partial charge in [0.15, 0.2) is 0 Å². The van der Waals surface area contributed by atoms with E-state index in [1.807, 2.05) is 78.9 Å². The number of benzene rings is 3. The molecule has 0 amide bonds. The quantitative estimate of drug-likeness (QED) is 0.670. The largest absolute Gasteiger partial charge is 1.00 e. The van der Waals surface area contributed by atoms with E-state index in [0.29, 0.717) is 5.75 Å². The summed E-state index contributed by atoms with van der Waals surface area (Å²) in [6.07, 6.45) is 0. The maximum Gasteiger partial charge on any atom is 1.00 e. The summed E-state index contributed by atoms with van der Waals surface area (Å²) in [6, 6.07) is 29.3. The van der Waals surface area contributed by atoms with Crippen LogP contribution in [-0.4, -0.2) is 5.11 Å². The average Bonchev–Trinajstić information content (AvgIpc) is 2.51. The first kappa shape index (κ1) is 16.5. The van der Waals surface area contributed by atoms with Crippen molar-refractivity contribution in [2.24, 2.45) is 0 Å². The zero-order valence-electron chi connectivity index (χ0n) is 12.6. The van der Waals surface area contributed by atoms with Crippen LogP contribution < -0.4 is 29.6 Å². The van der Waals surface area contributed by atoms with Crippen molar-refractivity contribution in [3.05, 3.63) is 91.0 Å². The molecular weight excluding hydrogens is 255 g/mol. The minimum atomic E-state index is 0. The minimum Gasteiger partial charge on any atom is -1.00 e. The first-order valence-electron chi connectivity index (χ1n) is 6.21. The van der Waals surface area contributed by atoms with E-state index in [-0.39, 0.29) is 31.0 Å². The van der Waals surface area contributed by atoms with Crippen LogP contribution in [0, 0.1) is 0 Å². The van der Waals surface area contributed by atoms with E-state index in [1.54, 1.807) is 12.1 Å². The van der Waals surface area contributed by atoms with Crippen LogP contribution >= 0.6 is 0 Å². The molecule has 0 aliphatic carbocycles. The van der Waals surface area contributed by atoms with Crippen LogP contribution in [0.15, 0.2) is 91.0 Å². The second kappa shape index (κ2) is 9.38.